The number of aliphatic hydroxyl groups is 1. The Morgan fingerprint density at radius 2 is 1.14 bits per heavy atom. The lowest BCUT2D eigenvalue weighted by Crippen LogP contribution is -2.59. The Kier molecular flexibility index (Phi) is 23.5. The first-order valence-electron chi connectivity index (χ1n) is 20.6. The molecule has 0 aromatic heterocycles. The van der Waals surface area contributed by atoms with Gasteiger partial charge < -0.3 is 63.8 Å². The van der Waals surface area contributed by atoms with E-state index in [-0.39, 0.29) is 31.6 Å². The lowest BCUT2D eigenvalue weighted by Gasteiger charge is -2.30. The molecule has 7 amide bonds. The number of hydrogen-bond acceptors (Lipinski definition) is 12. The molecule has 0 spiro atoms. The third-order valence-corrected chi connectivity index (χ3v) is 9.78. The van der Waals surface area contributed by atoms with Crippen LogP contribution in [0.3, 0.4) is 0 Å². The third kappa shape index (κ3) is 21.0. The van der Waals surface area contributed by atoms with Crippen molar-refractivity contribution in [3.8, 4) is 0 Å². The molecule has 0 saturated heterocycles. The van der Waals surface area contributed by atoms with Gasteiger partial charge in [-0.2, -0.15) is 0 Å². The monoisotopic (exact) mass is 892 g/mol. The SMILES string of the molecule is CC(C)CC(NC(=O)[C@H](CC(N)=O)NC(=O)C(NC(=O)[C@@H](N)CCC(=O)O)C(C)C)[C@@H](O)C[C@@H](C)C(=O)NC(C)C(=O)N[C@@H](CCC(=O)O)C(=O)NC(Cc1ccccc1)C(=O)O. The Balaban J connectivity index is 3.07. The number of nitrogens with one attached hydrogen (secondary N) is 6. The van der Waals surface area contributed by atoms with Crippen LogP contribution in [-0.4, -0.2) is 128 Å². The fourth-order valence-corrected chi connectivity index (χ4v) is 6.19. The molecule has 352 valence electrons. The zero-order valence-electron chi connectivity index (χ0n) is 36.4. The van der Waals surface area contributed by atoms with Gasteiger partial charge in [-0.3, -0.25) is 43.2 Å². The van der Waals surface area contributed by atoms with E-state index in [9.17, 15) is 63.3 Å². The van der Waals surface area contributed by atoms with Gasteiger partial charge in [0.2, 0.25) is 41.4 Å². The molecule has 22 heteroatoms. The minimum Gasteiger partial charge on any atom is -0.481 e. The van der Waals surface area contributed by atoms with Crippen molar-refractivity contribution in [3.05, 3.63) is 35.9 Å². The van der Waals surface area contributed by atoms with Crippen LogP contribution in [0.1, 0.15) is 92.1 Å². The first-order chi connectivity index (χ1) is 29.3. The summed E-state index contributed by atoms with van der Waals surface area (Å²) in [5.41, 5.74) is 11.8. The molecule has 63 heavy (non-hydrogen) atoms. The number of nitrogens with two attached hydrogens (primary N) is 2. The molecule has 0 heterocycles. The Morgan fingerprint density at radius 3 is 1.67 bits per heavy atom. The number of rotatable bonds is 29. The van der Waals surface area contributed by atoms with Crippen molar-refractivity contribution < 1.29 is 68.4 Å². The Bertz CT molecular complexity index is 1760. The summed E-state index contributed by atoms with van der Waals surface area (Å²) in [6.45, 7) is 9.47. The van der Waals surface area contributed by atoms with Crippen molar-refractivity contribution in [2.75, 3.05) is 0 Å². The molecule has 0 bridgehead atoms. The highest BCUT2D eigenvalue weighted by Gasteiger charge is 2.35. The molecule has 1 aromatic carbocycles. The van der Waals surface area contributed by atoms with Crippen LogP contribution in [0.4, 0.5) is 0 Å². The molecule has 4 unspecified atom stereocenters. The number of aliphatic hydroxyl groups excluding tert-OH is 1. The van der Waals surface area contributed by atoms with Gasteiger partial charge in [0.15, 0.2) is 0 Å². The number of aliphatic carboxylic acids is 3. The molecule has 0 aliphatic heterocycles. The maximum atomic E-state index is 13.6. The second kappa shape index (κ2) is 27.0. The summed E-state index contributed by atoms with van der Waals surface area (Å²) in [6, 6.07) is -0.933. The molecular weight excluding hydrogens is 828 g/mol. The minimum atomic E-state index is -1.57. The minimum absolute atomic E-state index is 0.0978. The van der Waals surface area contributed by atoms with E-state index in [1.54, 1.807) is 58.0 Å². The number of carbonyl (C=O) groups excluding carboxylic acids is 7. The normalized spacial score (nSPS) is 15.5. The molecule has 0 aliphatic carbocycles. The molecule has 14 N–H and O–H groups in total. The fourth-order valence-electron chi connectivity index (χ4n) is 6.19. The second-order valence-electron chi connectivity index (χ2n) is 16.3. The first kappa shape index (κ1) is 54.9. The molecule has 0 aliphatic rings. The Labute approximate surface area is 365 Å². The molecule has 9 atom stereocenters. The Hall–Kier alpha value is -6.16. The predicted octanol–water partition coefficient (Wildman–Crippen LogP) is -1.74. The van der Waals surface area contributed by atoms with Crippen molar-refractivity contribution >= 4 is 59.3 Å². The van der Waals surface area contributed by atoms with Crippen LogP contribution in [0, 0.1) is 17.8 Å². The quantitative estimate of drug-likeness (QED) is 0.0425. The summed E-state index contributed by atoms with van der Waals surface area (Å²) in [6.07, 6.45) is -3.85. The molecule has 1 aromatic rings. The highest BCUT2D eigenvalue weighted by molar-refractivity contribution is 5.96. The Morgan fingerprint density at radius 1 is 0.603 bits per heavy atom. The van der Waals surface area contributed by atoms with Gasteiger partial charge in [-0.25, -0.2) is 4.79 Å². The summed E-state index contributed by atoms with van der Waals surface area (Å²) < 4.78 is 0. The number of carboxylic acid groups (broad SMARTS) is 3. The van der Waals surface area contributed by atoms with Gasteiger partial charge in [0, 0.05) is 25.2 Å². The van der Waals surface area contributed by atoms with Crippen LogP contribution >= 0.6 is 0 Å². The van der Waals surface area contributed by atoms with Gasteiger partial charge in [-0.15, -0.1) is 0 Å². The number of benzene rings is 1. The zero-order chi connectivity index (χ0) is 48.1. The number of primary amides is 1. The highest BCUT2D eigenvalue weighted by atomic mass is 16.4. The van der Waals surface area contributed by atoms with Gasteiger partial charge in [-0.1, -0.05) is 65.0 Å². The first-order valence-corrected chi connectivity index (χ1v) is 20.6. The van der Waals surface area contributed by atoms with Crippen molar-refractivity contribution in [3.63, 3.8) is 0 Å². The average Bonchev–Trinajstić information content (AvgIpc) is 3.18. The van der Waals surface area contributed by atoms with Crippen molar-refractivity contribution in [2.45, 2.75) is 141 Å². The largest absolute Gasteiger partial charge is 0.481 e. The average molecular weight is 893 g/mol. The van der Waals surface area contributed by atoms with Crippen molar-refractivity contribution in [1.29, 1.82) is 0 Å². The number of carbonyl (C=O) groups is 10. The van der Waals surface area contributed by atoms with Gasteiger partial charge in [0.05, 0.1) is 24.6 Å². The standard InChI is InChI=1S/C41H64N8O14/c1-20(2)16-27(46-39(60)28(19-31(43)51)47-40(61)34(21(3)4)49-37(58)25(42)12-14-32(52)53)30(50)17-22(5)35(56)44-23(6)36(57)45-26(13-15-33(54)55)38(59)48-29(41(62)63)18-24-10-8-7-9-11-24/h7-11,20-23,25-30,34,50H,12-19,42H2,1-6H3,(H2,43,51)(H,44,56)(H,45,57)(H,46,60)(H,47,61)(H,48,59)(H,49,58)(H,52,53)(H,54,55)(H,62,63)/t22-,23?,25+,26+,27?,28+,29?,30+,34?/m1/s1. The van der Waals surface area contributed by atoms with E-state index >= 15 is 0 Å². The molecule has 22 nitrogen and oxygen atoms in total. The topological polar surface area (TPSA) is 376 Å². The lowest BCUT2D eigenvalue weighted by atomic mass is 9.92. The molecular formula is C41H64N8O14. The summed E-state index contributed by atoms with van der Waals surface area (Å²) in [5, 5.41) is 53.8. The maximum Gasteiger partial charge on any atom is 0.326 e. The van der Waals surface area contributed by atoms with Crippen LogP contribution < -0.4 is 43.4 Å². The fraction of sp³-hybridized carbons (Fsp3) is 0.610. The van der Waals surface area contributed by atoms with Gasteiger partial charge in [-0.05, 0) is 50.0 Å². The highest BCUT2D eigenvalue weighted by Crippen LogP contribution is 2.17. The zero-order valence-corrected chi connectivity index (χ0v) is 36.4. The lowest BCUT2D eigenvalue weighted by molar-refractivity contribution is -0.143. The third-order valence-electron chi connectivity index (χ3n) is 9.78. The summed E-state index contributed by atoms with van der Waals surface area (Å²) in [5.74, 6) is -11.7. The van der Waals surface area contributed by atoms with E-state index in [2.05, 4.69) is 31.9 Å². The van der Waals surface area contributed by atoms with Crippen LogP contribution in [0.2, 0.25) is 0 Å². The summed E-state index contributed by atoms with van der Waals surface area (Å²) in [7, 11) is 0. The molecule has 1 rings (SSSR count). The van der Waals surface area contributed by atoms with E-state index in [1.807, 2.05) is 0 Å². The summed E-state index contributed by atoms with van der Waals surface area (Å²) >= 11 is 0. The van der Waals surface area contributed by atoms with Crippen molar-refractivity contribution in [1.82, 2.24) is 31.9 Å². The van der Waals surface area contributed by atoms with Crippen LogP contribution in [0.25, 0.3) is 0 Å². The predicted molar refractivity (Wildman–Crippen MR) is 225 cm³/mol. The van der Waals surface area contributed by atoms with Gasteiger partial charge >= 0.3 is 17.9 Å². The van der Waals surface area contributed by atoms with Gasteiger partial charge in [0.1, 0.15) is 30.2 Å². The van der Waals surface area contributed by atoms with E-state index in [1.165, 1.54) is 13.8 Å². The number of amides is 7. The maximum absolute atomic E-state index is 13.6. The van der Waals surface area contributed by atoms with E-state index in [0.717, 1.165) is 0 Å². The second-order valence-corrected chi connectivity index (χ2v) is 16.3. The van der Waals surface area contributed by atoms with Crippen LogP contribution in [0.15, 0.2) is 30.3 Å². The molecule has 0 radical (unpaired) electrons. The molecule has 0 fully saturated rings. The summed E-state index contributed by atoms with van der Waals surface area (Å²) in [4.78, 5) is 125. The molecule has 0 saturated carbocycles. The number of hydrogen-bond donors (Lipinski definition) is 12. The van der Waals surface area contributed by atoms with Gasteiger partial charge in [0.25, 0.3) is 0 Å². The van der Waals surface area contributed by atoms with E-state index in [4.69, 9.17) is 16.6 Å². The van der Waals surface area contributed by atoms with Crippen LogP contribution in [0.5, 0.6) is 0 Å². The smallest absolute Gasteiger partial charge is 0.326 e. The number of carboxylic acids is 3. The van der Waals surface area contributed by atoms with Crippen molar-refractivity contribution in [2.24, 2.45) is 29.2 Å². The van der Waals surface area contributed by atoms with E-state index in [0.29, 0.717) is 5.56 Å². The van der Waals surface area contributed by atoms with E-state index < -0.39 is 145 Å². The van der Waals surface area contributed by atoms with Crippen LogP contribution in [-0.2, 0) is 54.4 Å².